The largest absolute Gasteiger partial charge is 0.474 e. The van der Waals surface area contributed by atoms with Gasteiger partial charge in [-0.2, -0.15) is 0 Å². The van der Waals surface area contributed by atoms with Crippen LogP contribution in [0.5, 0.6) is 0 Å². The van der Waals surface area contributed by atoms with Gasteiger partial charge in [-0.3, -0.25) is 0 Å². The molecule has 11 heteroatoms. The van der Waals surface area contributed by atoms with Crippen LogP contribution in [0, 0.1) is 34.5 Å². The fourth-order valence-corrected chi connectivity index (χ4v) is 22.6. The van der Waals surface area contributed by atoms with Crippen LogP contribution in [0.1, 0.15) is 99.8 Å². The van der Waals surface area contributed by atoms with Gasteiger partial charge in [0.25, 0.3) is 0 Å². The Kier molecular flexibility index (Phi) is 11.2. The number of halogens is 2. The van der Waals surface area contributed by atoms with Crippen molar-refractivity contribution >= 4 is 62.6 Å². The molecule has 8 fully saturated rings. The van der Waals surface area contributed by atoms with Gasteiger partial charge in [-0.15, -0.1) is 0 Å². The van der Waals surface area contributed by atoms with Crippen molar-refractivity contribution in [1.29, 1.82) is 0 Å². The zero-order valence-electron chi connectivity index (χ0n) is 31.7. The molecule has 46 heavy (non-hydrogen) atoms. The second-order valence-electron chi connectivity index (χ2n) is 19.6. The van der Waals surface area contributed by atoms with Crippen LogP contribution in [0.15, 0.2) is 0 Å². The molecule has 264 valence electrons. The summed E-state index contributed by atoms with van der Waals surface area (Å²) in [5.41, 5.74) is 0.723. The van der Waals surface area contributed by atoms with Gasteiger partial charge in [0.2, 0.25) is 0 Å². The lowest BCUT2D eigenvalue weighted by molar-refractivity contribution is -0.199. The molecule has 0 aromatic rings. The zero-order valence-corrected chi connectivity index (χ0v) is 36.9. The molecule has 8 aliphatic rings. The lowest BCUT2D eigenvalue weighted by Gasteiger charge is -2.64. The average molecular weight is 804 g/mol. The predicted octanol–water partition coefficient (Wildman–Crippen LogP) is 10.0. The first-order valence-electron chi connectivity index (χ1n) is 18.7. The van der Waals surface area contributed by atoms with Crippen LogP contribution >= 0.6 is 31.9 Å². The topological polar surface area (TPSA) is 40.2 Å². The minimum atomic E-state index is -1.49. The molecule has 2 saturated heterocycles. The molecule has 2 heterocycles. The summed E-state index contributed by atoms with van der Waals surface area (Å²) < 4.78 is 29.4. The predicted molar refractivity (Wildman–Crippen MR) is 208 cm³/mol. The van der Waals surface area contributed by atoms with Crippen molar-refractivity contribution in [3.8, 4) is 0 Å². The SMILES string of the molecule is CC(CCCBr)B1OC2CC3CC(C3(C)C)[C@]2(C)O1.CC1(C)C2CC3OB(C(CCCBr)N([Si](C)(C)C)[Si](C)(C)C)O[C@@]3(C)C1C2. The van der Waals surface area contributed by atoms with Crippen LogP contribution < -0.4 is 0 Å². The third kappa shape index (κ3) is 6.70. The van der Waals surface area contributed by atoms with Gasteiger partial charge < -0.3 is 22.8 Å². The highest BCUT2D eigenvalue weighted by Crippen LogP contribution is 2.67. The number of hydrogen-bond donors (Lipinski definition) is 0. The van der Waals surface area contributed by atoms with Crippen LogP contribution in [0.4, 0.5) is 0 Å². The fraction of sp³-hybridized carbons (Fsp3) is 1.00. The van der Waals surface area contributed by atoms with Crippen molar-refractivity contribution < 1.29 is 18.6 Å². The Morgan fingerprint density at radius 3 is 1.50 bits per heavy atom. The molecular formula is C35H67B2Br2NO4Si2. The van der Waals surface area contributed by atoms with Crippen molar-refractivity contribution in [3.63, 3.8) is 0 Å². The van der Waals surface area contributed by atoms with E-state index in [1.165, 1.54) is 44.9 Å². The van der Waals surface area contributed by atoms with Gasteiger partial charge in [0.1, 0.15) is 16.5 Å². The summed E-state index contributed by atoms with van der Waals surface area (Å²) in [6, 6.07) is 0. The Balaban J connectivity index is 0.000000192. The van der Waals surface area contributed by atoms with Gasteiger partial charge in [0.15, 0.2) is 0 Å². The molecule has 8 rings (SSSR count). The van der Waals surface area contributed by atoms with Crippen LogP contribution in [0.25, 0.3) is 0 Å². The minimum absolute atomic E-state index is 0.0178. The molecule has 8 unspecified atom stereocenters. The highest BCUT2D eigenvalue weighted by atomic mass is 79.9. The van der Waals surface area contributed by atoms with Crippen molar-refractivity contribution in [2.75, 3.05) is 10.7 Å². The monoisotopic (exact) mass is 801 g/mol. The molecule has 0 radical (unpaired) electrons. The maximum atomic E-state index is 6.93. The number of rotatable bonds is 11. The highest BCUT2D eigenvalue weighted by molar-refractivity contribution is 9.09. The summed E-state index contributed by atoms with van der Waals surface area (Å²) in [7, 11) is -3.03. The van der Waals surface area contributed by atoms with E-state index in [1.807, 2.05) is 0 Å². The molecule has 5 nitrogen and oxygen atoms in total. The van der Waals surface area contributed by atoms with E-state index in [1.54, 1.807) is 0 Å². The molecule has 0 spiro atoms. The van der Waals surface area contributed by atoms with Gasteiger partial charge >= 0.3 is 14.2 Å². The molecular weight excluding hydrogens is 736 g/mol. The van der Waals surface area contributed by atoms with E-state index < -0.39 is 16.5 Å². The van der Waals surface area contributed by atoms with Crippen LogP contribution in [0.3, 0.4) is 0 Å². The van der Waals surface area contributed by atoms with E-state index in [4.69, 9.17) is 18.6 Å². The van der Waals surface area contributed by atoms with Gasteiger partial charge in [-0.25, -0.2) is 0 Å². The molecule has 2 aliphatic heterocycles. The van der Waals surface area contributed by atoms with Crippen LogP contribution in [-0.2, 0) is 18.6 Å². The van der Waals surface area contributed by atoms with E-state index in [0.717, 1.165) is 28.9 Å². The van der Waals surface area contributed by atoms with Crippen molar-refractivity contribution in [3.05, 3.63) is 0 Å². The first kappa shape index (κ1) is 38.6. The quantitative estimate of drug-likeness (QED) is 0.154. The fourth-order valence-electron chi connectivity index (χ4n) is 11.4. The van der Waals surface area contributed by atoms with E-state index >= 15 is 0 Å². The van der Waals surface area contributed by atoms with Gasteiger partial charge in [-0.05, 0) is 99.1 Å². The summed E-state index contributed by atoms with van der Waals surface area (Å²) in [6.07, 6.45) is 10.4. The molecule has 6 aliphatic carbocycles. The maximum absolute atomic E-state index is 6.93. The molecule has 10 atom stereocenters. The number of alkyl halides is 2. The van der Waals surface area contributed by atoms with Crippen molar-refractivity contribution in [2.45, 2.75) is 174 Å². The van der Waals surface area contributed by atoms with Gasteiger partial charge in [0, 0.05) is 16.6 Å². The second kappa shape index (κ2) is 13.4. The number of nitrogens with zero attached hydrogens (tertiary/aromatic N) is 1. The van der Waals surface area contributed by atoms with Crippen LogP contribution in [-0.4, -0.2) is 75.0 Å². The van der Waals surface area contributed by atoms with Crippen molar-refractivity contribution in [1.82, 2.24) is 4.23 Å². The third-order valence-corrected chi connectivity index (χ3v) is 22.6. The summed E-state index contributed by atoms with van der Waals surface area (Å²) >= 11 is 7.17. The summed E-state index contributed by atoms with van der Waals surface area (Å²) in [5, 5.41) is 2.13. The van der Waals surface area contributed by atoms with Crippen molar-refractivity contribution in [2.24, 2.45) is 34.5 Å². The molecule has 0 N–H and O–H groups in total. The zero-order chi connectivity index (χ0) is 34.3. The van der Waals surface area contributed by atoms with E-state index in [-0.39, 0.29) is 31.5 Å². The molecule has 6 saturated carbocycles. The summed E-state index contributed by atoms with van der Waals surface area (Å²) in [5.74, 6) is 3.87. The average Bonchev–Trinajstić information content (AvgIpc) is 3.48. The molecule has 0 amide bonds. The smallest absolute Gasteiger partial charge is 0.405 e. The van der Waals surface area contributed by atoms with Gasteiger partial charge in [-0.1, -0.05) is 112 Å². The van der Waals surface area contributed by atoms with E-state index in [2.05, 4.69) is 124 Å². The lowest BCUT2D eigenvalue weighted by Crippen LogP contribution is -2.67. The summed E-state index contributed by atoms with van der Waals surface area (Å²) in [4.78, 5) is 0. The standard InChI is InChI=1S/C20H41BBrNO2Si2.C15H26BBrO2/c1-19(2)15-13-16(19)20(3)17(14-15)24-21(25-20)18(11-10-12-22)23(26(4,5)6)27(7,8)9;1-10(6-5-7-17)16-18-13-9-11-8-12(14(11,2)3)15(13,4)19-16/h15-18H,10-14H2,1-9H3;10-13H,5-9H2,1-4H3/t15?,16?,17?,18?,20-;10?,11?,12?,13?,15-/m00/s1. The van der Waals surface area contributed by atoms with Crippen LogP contribution in [0.2, 0.25) is 45.1 Å². The molecule has 4 bridgehead atoms. The Bertz CT molecular complexity index is 1080. The van der Waals surface area contributed by atoms with E-state index in [0.29, 0.717) is 40.5 Å². The van der Waals surface area contributed by atoms with E-state index in [9.17, 15) is 0 Å². The lowest BCUT2D eigenvalue weighted by atomic mass is 9.43. The van der Waals surface area contributed by atoms with Gasteiger partial charge in [0.05, 0.1) is 23.4 Å². The highest BCUT2D eigenvalue weighted by Gasteiger charge is 2.70. The normalized spacial score (nSPS) is 39.9. The summed E-state index contributed by atoms with van der Waals surface area (Å²) in [6.45, 7) is 31.6. The Morgan fingerprint density at radius 1 is 0.674 bits per heavy atom. The Hall–Kier alpha value is 1.32. The Labute approximate surface area is 303 Å². The molecule has 0 aromatic heterocycles. The molecule has 0 aromatic carbocycles. The number of hydrogen-bond acceptors (Lipinski definition) is 5. The first-order chi connectivity index (χ1) is 21.1. The Morgan fingerprint density at radius 2 is 1.09 bits per heavy atom. The second-order valence-corrected chi connectivity index (χ2v) is 31.3. The first-order valence-corrected chi connectivity index (χ1v) is 27.8. The maximum Gasteiger partial charge on any atom is 0.474 e. The third-order valence-electron chi connectivity index (χ3n) is 13.9. The minimum Gasteiger partial charge on any atom is -0.405 e.